The fourth-order valence-electron chi connectivity index (χ4n) is 1.47. The molecule has 0 aromatic carbocycles. The van der Waals surface area contributed by atoms with Crippen LogP contribution in [0.25, 0.3) is 0 Å². The predicted molar refractivity (Wildman–Crippen MR) is 47.7 cm³/mol. The van der Waals surface area contributed by atoms with Gasteiger partial charge in [0, 0.05) is 38.6 Å². The number of nitrogens with one attached hydrogen (secondary N) is 1. The summed E-state index contributed by atoms with van der Waals surface area (Å²) in [4.78, 5) is 12.8. The molecule has 0 spiro atoms. The van der Waals surface area contributed by atoms with Crippen LogP contribution in [0.3, 0.4) is 0 Å². The van der Waals surface area contributed by atoms with Crippen LogP contribution in [0.15, 0.2) is 0 Å². The molecule has 0 aromatic rings. The minimum absolute atomic E-state index is 0.208. The third-order valence-corrected chi connectivity index (χ3v) is 2.28. The molecule has 0 radical (unpaired) electrons. The zero-order valence-corrected chi connectivity index (χ0v) is 7.55. The van der Waals surface area contributed by atoms with Crippen molar-refractivity contribution < 1.29 is 4.79 Å². The minimum atomic E-state index is -0.208. The molecule has 0 unspecified atom stereocenters. The van der Waals surface area contributed by atoms with Crippen molar-refractivity contribution in [2.24, 2.45) is 5.73 Å². The van der Waals surface area contributed by atoms with E-state index >= 15 is 0 Å². The van der Waals surface area contributed by atoms with Gasteiger partial charge >= 0.3 is 0 Å². The summed E-state index contributed by atoms with van der Waals surface area (Å²) in [5.74, 6) is -0.208. The maximum Gasteiger partial charge on any atom is 0.218 e. The van der Waals surface area contributed by atoms with Crippen LogP contribution in [0.5, 0.6) is 0 Å². The van der Waals surface area contributed by atoms with Gasteiger partial charge in [-0.05, 0) is 6.92 Å². The topological polar surface area (TPSA) is 58.4 Å². The van der Waals surface area contributed by atoms with Gasteiger partial charge in [0.05, 0.1) is 0 Å². The quantitative estimate of drug-likeness (QED) is 0.582. The van der Waals surface area contributed by atoms with E-state index in [4.69, 9.17) is 5.73 Å². The molecule has 1 rings (SSSR count). The van der Waals surface area contributed by atoms with E-state index in [1.54, 1.807) is 0 Å². The van der Waals surface area contributed by atoms with Crippen molar-refractivity contribution in [2.45, 2.75) is 19.4 Å². The highest BCUT2D eigenvalue weighted by Crippen LogP contribution is 2.02. The number of hydrogen-bond donors (Lipinski definition) is 2. The highest BCUT2D eigenvalue weighted by atomic mass is 16.1. The van der Waals surface area contributed by atoms with Gasteiger partial charge in [-0.1, -0.05) is 0 Å². The number of nitrogens with zero attached hydrogens (tertiary/aromatic N) is 1. The lowest BCUT2D eigenvalue weighted by atomic mass is 10.2. The summed E-state index contributed by atoms with van der Waals surface area (Å²) in [6.07, 6.45) is 0.477. The standard InChI is InChI=1S/C8H17N3O/c1-7-6-10-3-5-11(7)4-2-8(9)12/h7,10H,2-6H2,1H3,(H2,9,12)/t7-/m0/s1. The molecular formula is C8H17N3O. The summed E-state index contributed by atoms with van der Waals surface area (Å²) < 4.78 is 0. The van der Waals surface area contributed by atoms with Gasteiger partial charge in [0.15, 0.2) is 0 Å². The average Bonchev–Trinajstić information content (AvgIpc) is 2.03. The third-order valence-electron chi connectivity index (χ3n) is 2.28. The first-order valence-electron chi connectivity index (χ1n) is 4.43. The van der Waals surface area contributed by atoms with E-state index in [-0.39, 0.29) is 5.91 Å². The number of carbonyl (C=O) groups excluding carboxylic acids is 1. The smallest absolute Gasteiger partial charge is 0.218 e. The molecule has 1 atom stereocenters. The molecule has 1 aliphatic heterocycles. The Morgan fingerprint density at radius 1 is 1.75 bits per heavy atom. The van der Waals surface area contributed by atoms with Gasteiger partial charge < -0.3 is 11.1 Å². The highest BCUT2D eigenvalue weighted by Gasteiger charge is 2.17. The van der Waals surface area contributed by atoms with Crippen molar-refractivity contribution in [3.63, 3.8) is 0 Å². The van der Waals surface area contributed by atoms with E-state index in [0.717, 1.165) is 26.2 Å². The molecular weight excluding hydrogens is 154 g/mol. The van der Waals surface area contributed by atoms with Gasteiger partial charge in [-0.25, -0.2) is 0 Å². The molecule has 1 aliphatic rings. The molecule has 3 N–H and O–H groups in total. The van der Waals surface area contributed by atoms with Crippen LogP contribution in [-0.4, -0.2) is 43.0 Å². The summed E-state index contributed by atoms with van der Waals surface area (Å²) in [7, 11) is 0. The number of hydrogen-bond acceptors (Lipinski definition) is 3. The molecule has 0 saturated carbocycles. The maximum atomic E-state index is 10.5. The Morgan fingerprint density at radius 3 is 3.08 bits per heavy atom. The lowest BCUT2D eigenvalue weighted by Crippen LogP contribution is -2.50. The number of amides is 1. The second-order valence-electron chi connectivity index (χ2n) is 3.31. The van der Waals surface area contributed by atoms with Crippen LogP contribution in [0.2, 0.25) is 0 Å². The van der Waals surface area contributed by atoms with Gasteiger partial charge in [0.2, 0.25) is 5.91 Å². The van der Waals surface area contributed by atoms with Crippen LogP contribution in [-0.2, 0) is 4.79 Å². The maximum absolute atomic E-state index is 10.5. The molecule has 1 amide bonds. The molecule has 4 nitrogen and oxygen atoms in total. The number of piperazine rings is 1. The predicted octanol–water partition coefficient (Wildman–Crippen LogP) is -0.844. The van der Waals surface area contributed by atoms with Crippen molar-refractivity contribution in [3.05, 3.63) is 0 Å². The van der Waals surface area contributed by atoms with Crippen molar-refractivity contribution in [1.82, 2.24) is 10.2 Å². The Bertz CT molecular complexity index is 160. The Kier molecular flexibility index (Phi) is 3.49. The number of nitrogens with two attached hydrogens (primary N) is 1. The van der Waals surface area contributed by atoms with Crippen LogP contribution < -0.4 is 11.1 Å². The fraction of sp³-hybridized carbons (Fsp3) is 0.875. The summed E-state index contributed by atoms with van der Waals surface area (Å²) in [6, 6.07) is 0.526. The van der Waals surface area contributed by atoms with Gasteiger partial charge in [0.25, 0.3) is 0 Å². The molecule has 0 aliphatic carbocycles. The number of rotatable bonds is 3. The Hall–Kier alpha value is -0.610. The Morgan fingerprint density at radius 2 is 2.50 bits per heavy atom. The molecule has 12 heavy (non-hydrogen) atoms. The van der Waals surface area contributed by atoms with E-state index < -0.39 is 0 Å². The van der Waals surface area contributed by atoms with E-state index in [2.05, 4.69) is 17.1 Å². The first kappa shape index (κ1) is 9.48. The summed E-state index contributed by atoms with van der Waals surface area (Å²) >= 11 is 0. The molecule has 1 fully saturated rings. The minimum Gasteiger partial charge on any atom is -0.370 e. The molecule has 4 heteroatoms. The van der Waals surface area contributed by atoms with E-state index in [1.165, 1.54) is 0 Å². The van der Waals surface area contributed by atoms with Crippen molar-refractivity contribution in [1.29, 1.82) is 0 Å². The number of primary amides is 1. The second kappa shape index (κ2) is 4.42. The van der Waals surface area contributed by atoms with E-state index in [9.17, 15) is 4.79 Å². The zero-order chi connectivity index (χ0) is 8.97. The molecule has 1 saturated heterocycles. The second-order valence-corrected chi connectivity index (χ2v) is 3.31. The largest absolute Gasteiger partial charge is 0.370 e. The average molecular weight is 171 g/mol. The van der Waals surface area contributed by atoms with Gasteiger partial charge in [0.1, 0.15) is 0 Å². The normalized spacial score (nSPS) is 25.6. The van der Waals surface area contributed by atoms with Gasteiger partial charge in [-0.15, -0.1) is 0 Å². The van der Waals surface area contributed by atoms with Crippen LogP contribution in [0, 0.1) is 0 Å². The van der Waals surface area contributed by atoms with E-state index in [0.29, 0.717) is 12.5 Å². The summed E-state index contributed by atoms with van der Waals surface area (Å²) in [5.41, 5.74) is 5.07. The SMILES string of the molecule is C[C@H]1CNCCN1CCC(N)=O. The van der Waals surface area contributed by atoms with Crippen molar-refractivity contribution >= 4 is 5.91 Å². The van der Waals surface area contributed by atoms with Crippen LogP contribution in [0.1, 0.15) is 13.3 Å². The molecule has 0 bridgehead atoms. The summed E-state index contributed by atoms with van der Waals surface area (Å²) in [5, 5.41) is 3.29. The van der Waals surface area contributed by atoms with E-state index in [1.807, 2.05) is 0 Å². The summed E-state index contributed by atoms with van der Waals surface area (Å²) in [6.45, 7) is 6.02. The van der Waals surface area contributed by atoms with Crippen LogP contribution in [0.4, 0.5) is 0 Å². The van der Waals surface area contributed by atoms with Crippen molar-refractivity contribution in [2.75, 3.05) is 26.2 Å². The molecule has 1 heterocycles. The van der Waals surface area contributed by atoms with Gasteiger partial charge in [-0.2, -0.15) is 0 Å². The van der Waals surface area contributed by atoms with Gasteiger partial charge in [-0.3, -0.25) is 9.69 Å². The molecule has 70 valence electrons. The lowest BCUT2D eigenvalue weighted by molar-refractivity contribution is -0.118. The monoisotopic (exact) mass is 171 g/mol. The zero-order valence-electron chi connectivity index (χ0n) is 7.55. The lowest BCUT2D eigenvalue weighted by Gasteiger charge is -2.33. The first-order valence-corrected chi connectivity index (χ1v) is 4.43. The first-order chi connectivity index (χ1) is 5.70. The Balaban J connectivity index is 2.24. The van der Waals surface area contributed by atoms with Crippen molar-refractivity contribution in [3.8, 4) is 0 Å². The highest BCUT2D eigenvalue weighted by molar-refractivity contribution is 5.73. The van der Waals surface area contributed by atoms with Crippen LogP contribution >= 0.6 is 0 Å². The fourth-order valence-corrected chi connectivity index (χ4v) is 1.47. The number of carbonyl (C=O) groups is 1. The molecule has 0 aromatic heterocycles. The third kappa shape index (κ3) is 2.79. The Labute approximate surface area is 73.1 Å².